The number of hydrogen-bond acceptors (Lipinski definition) is 2. The van der Waals surface area contributed by atoms with Crippen molar-refractivity contribution < 1.29 is 4.79 Å². The number of likely N-dealkylation sites (N-methyl/N-ethyl adjacent to an activating group) is 1. The quantitative estimate of drug-likeness (QED) is 0.850. The summed E-state index contributed by atoms with van der Waals surface area (Å²) in [6.07, 6.45) is 1.84. The highest BCUT2D eigenvalue weighted by Crippen LogP contribution is 2.22. The number of para-hydroxylation sites is 1. The molecule has 0 spiro atoms. The molecule has 18 heavy (non-hydrogen) atoms. The predicted molar refractivity (Wildman–Crippen MR) is 74.7 cm³/mol. The minimum absolute atomic E-state index is 0.0310. The van der Waals surface area contributed by atoms with Crippen molar-refractivity contribution in [3.63, 3.8) is 0 Å². The minimum atomic E-state index is 0.0310. The number of carbonyl (C=O) groups is 1. The monoisotopic (exact) mass is 245 g/mol. The van der Waals surface area contributed by atoms with Gasteiger partial charge in [0.15, 0.2) is 0 Å². The third-order valence-corrected chi connectivity index (χ3v) is 3.12. The standard InChI is InChI=1S/C14H19N3O/c1-3-17(4-2)10-14(18)16-13-9-15-12-8-6-5-7-11(12)13/h5-9,15H,3-4,10H2,1-2H3,(H,16,18). The molecule has 4 nitrogen and oxygen atoms in total. The molecule has 0 saturated carbocycles. The molecule has 1 aromatic carbocycles. The van der Waals surface area contributed by atoms with Crippen LogP contribution in [0.3, 0.4) is 0 Å². The van der Waals surface area contributed by atoms with E-state index in [1.165, 1.54) is 0 Å². The molecule has 1 aromatic heterocycles. The Morgan fingerprint density at radius 2 is 2.00 bits per heavy atom. The first kappa shape index (κ1) is 12.6. The van der Waals surface area contributed by atoms with Gasteiger partial charge in [-0.2, -0.15) is 0 Å². The van der Waals surface area contributed by atoms with Crippen LogP contribution in [-0.4, -0.2) is 35.4 Å². The highest BCUT2D eigenvalue weighted by atomic mass is 16.2. The zero-order valence-corrected chi connectivity index (χ0v) is 10.9. The molecule has 0 fully saturated rings. The summed E-state index contributed by atoms with van der Waals surface area (Å²) in [4.78, 5) is 17.1. The highest BCUT2D eigenvalue weighted by Gasteiger charge is 2.09. The summed E-state index contributed by atoms with van der Waals surface area (Å²) in [6.45, 7) is 6.33. The number of nitrogens with one attached hydrogen (secondary N) is 2. The number of aromatic amines is 1. The Bertz CT molecular complexity index is 529. The van der Waals surface area contributed by atoms with E-state index < -0.39 is 0 Å². The van der Waals surface area contributed by atoms with Gasteiger partial charge in [0.25, 0.3) is 0 Å². The summed E-state index contributed by atoms with van der Waals surface area (Å²) < 4.78 is 0. The van der Waals surface area contributed by atoms with E-state index in [4.69, 9.17) is 0 Å². The fourth-order valence-corrected chi connectivity index (χ4v) is 2.01. The van der Waals surface area contributed by atoms with Crippen LogP contribution in [0, 0.1) is 0 Å². The lowest BCUT2D eigenvalue weighted by molar-refractivity contribution is -0.117. The molecule has 1 amide bonds. The van der Waals surface area contributed by atoms with Gasteiger partial charge in [0.1, 0.15) is 0 Å². The van der Waals surface area contributed by atoms with Gasteiger partial charge in [0.2, 0.25) is 5.91 Å². The first-order valence-corrected chi connectivity index (χ1v) is 6.33. The number of fused-ring (bicyclic) bond motifs is 1. The molecule has 4 heteroatoms. The molecule has 2 aromatic rings. The van der Waals surface area contributed by atoms with Crippen molar-refractivity contribution in [2.24, 2.45) is 0 Å². The Hall–Kier alpha value is -1.81. The topological polar surface area (TPSA) is 48.1 Å². The molecule has 0 bridgehead atoms. The molecule has 1 heterocycles. The number of anilines is 1. The van der Waals surface area contributed by atoms with Gasteiger partial charge in [-0.1, -0.05) is 32.0 Å². The molecule has 0 atom stereocenters. The van der Waals surface area contributed by atoms with E-state index in [9.17, 15) is 4.79 Å². The van der Waals surface area contributed by atoms with Gasteiger partial charge < -0.3 is 10.3 Å². The van der Waals surface area contributed by atoms with E-state index in [-0.39, 0.29) is 5.91 Å². The minimum Gasteiger partial charge on any atom is -0.359 e. The first-order valence-electron chi connectivity index (χ1n) is 6.33. The first-order chi connectivity index (χ1) is 8.74. The molecule has 0 radical (unpaired) electrons. The Labute approximate surface area is 107 Å². The van der Waals surface area contributed by atoms with Gasteiger partial charge in [-0.25, -0.2) is 0 Å². The molecule has 2 N–H and O–H groups in total. The van der Waals surface area contributed by atoms with Crippen molar-refractivity contribution in [2.45, 2.75) is 13.8 Å². The third-order valence-electron chi connectivity index (χ3n) is 3.12. The Balaban J connectivity index is 2.07. The fraction of sp³-hybridized carbons (Fsp3) is 0.357. The number of rotatable bonds is 5. The maximum atomic E-state index is 11.9. The number of aromatic nitrogens is 1. The summed E-state index contributed by atoms with van der Waals surface area (Å²) in [6, 6.07) is 7.94. The van der Waals surface area contributed by atoms with Crippen LogP contribution in [0.1, 0.15) is 13.8 Å². The normalized spacial score (nSPS) is 11.1. The van der Waals surface area contributed by atoms with E-state index >= 15 is 0 Å². The van der Waals surface area contributed by atoms with Gasteiger partial charge in [-0.15, -0.1) is 0 Å². The molecule has 96 valence electrons. The van der Waals surface area contributed by atoms with Crippen LogP contribution in [-0.2, 0) is 4.79 Å². The van der Waals surface area contributed by atoms with Gasteiger partial charge in [-0.05, 0) is 19.2 Å². The fourth-order valence-electron chi connectivity index (χ4n) is 2.01. The van der Waals surface area contributed by atoms with Crippen molar-refractivity contribution >= 4 is 22.5 Å². The number of benzene rings is 1. The van der Waals surface area contributed by atoms with Crippen LogP contribution in [0.2, 0.25) is 0 Å². The average molecular weight is 245 g/mol. The number of amides is 1. The number of H-pyrrole nitrogens is 1. The molecule has 2 rings (SSSR count). The number of carbonyl (C=O) groups excluding carboxylic acids is 1. The van der Waals surface area contributed by atoms with Crippen LogP contribution in [0.25, 0.3) is 10.9 Å². The van der Waals surface area contributed by atoms with Crippen LogP contribution < -0.4 is 5.32 Å². The van der Waals surface area contributed by atoms with Crippen molar-refractivity contribution in [2.75, 3.05) is 25.0 Å². The smallest absolute Gasteiger partial charge is 0.238 e. The average Bonchev–Trinajstić information content (AvgIpc) is 2.79. The van der Waals surface area contributed by atoms with Crippen LogP contribution in [0.15, 0.2) is 30.5 Å². The van der Waals surface area contributed by atoms with E-state index in [1.54, 1.807) is 0 Å². The van der Waals surface area contributed by atoms with Crippen LogP contribution >= 0.6 is 0 Å². The Kier molecular flexibility index (Phi) is 3.99. The highest BCUT2D eigenvalue weighted by molar-refractivity contribution is 6.02. The van der Waals surface area contributed by atoms with Gasteiger partial charge in [0, 0.05) is 17.1 Å². The number of nitrogens with zero attached hydrogens (tertiary/aromatic N) is 1. The van der Waals surface area contributed by atoms with Gasteiger partial charge >= 0.3 is 0 Å². The van der Waals surface area contributed by atoms with E-state index in [0.717, 1.165) is 29.7 Å². The van der Waals surface area contributed by atoms with Crippen molar-refractivity contribution in [1.82, 2.24) is 9.88 Å². The third kappa shape index (κ3) is 2.71. The van der Waals surface area contributed by atoms with Gasteiger partial charge in [0.05, 0.1) is 12.2 Å². The molecule has 0 aliphatic carbocycles. The maximum absolute atomic E-state index is 11.9. The maximum Gasteiger partial charge on any atom is 0.238 e. The molecule has 0 aliphatic rings. The summed E-state index contributed by atoms with van der Waals surface area (Å²) in [7, 11) is 0. The van der Waals surface area contributed by atoms with E-state index in [2.05, 4.69) is 29.0 Å². The van der Waals surface area contributed by atoms with Crippen molar-refractivity contribution in [3.8, 4) is 0 Å². The molecule has 0 unspecified atom stereocenters. The second-order valence-corrected chi connectivity index (χ2v) is 4.26. The zero-order valence-electron chi connectivity index (χ0n) is 10.9. The van der Waals surface area contributed by atoms with Crippen molar-refractivity contribution in [3.05, 3.63) is 30.5 Å². The summed E-state index contributed by atoms with van der Waals surface area (Å²) in [5, 5.41) is 4.00. The van der Waals surface area contributed by atoms with Crippen molar-refractivity contribution in [1.29, 1.82) is 0 Å². The Morgan fingerprint density at radius 3 is 2.72 bits per heavy atom. The summed E-state index contributed by atoms with van der Waals surface area (Å²) in [5.74, 6) is 0.0310. The zero-order chi connectivity index (χ0) is 13.0. The van der Waals surface area contributed by atoms with Crippen LogP contribution in [0.5, 0.6) is 0 Å². The van der Waals surface area contributed by atoms with Gasteiger partial charge in [-0.3, -0.25) is 9.69 Å². The van der Waals surface area contributed by atoms with E-state index in [1.807, 2.05) is 30.5 Å². The van der Waals surface area contributed by atoms with E-state index in [0.29, 0.717) is 6.54 Å². The lowest BCUT2D eigenvalue weighted by Gasteiger charge is -2.16. The predicted octanol–water partition coefficient (Wildman–Crippen LogP) is 2.45. The molecular formula is C14H19N3O. The lowest BCUT2D eigenvalue weighted by atomic mass is 10.2. The SMILES string of the molecule is CCN(CC)CC(=O)Nc1c[nH]c2ccccc12. The summed E-state index contributed by atoms with van der Waals surface area (Å²) in [5.41, 5.74) is 1.89. The second-order valence-electron chi connectivity index (χ2n) is 4.26. The van der Waals surface area contributed by atoms with Crippen LogP contribution in [0.4, 0.5) is 5.69 Å². The summed E-state index contributed by atoms with van der Waals surface area (Å²) >= 11 is 0. The largest absolute Gasteiger partial charge is 0.359 e. The lowest BCUT2D eigenvalue weighted by Crippen LogP contribution is -2.32. The second kappa shape index (κ2) is 5.69. The molecular weight excluding hydrogens is 226 g/mol. The molecule has 0 aliphatic heterocycles. The number of hydrogen-bond donors (Lipinski definition) is 2. The Morgan fingerprint density at radius 1 is 1.28 bits per heavy atom. The molecule has 0 saturated heterocycles.